The highest BCUT2D eigenvalue weighted by Crippen LogP contribution is 2.46. The molecule has 7 heteroatoms. The lowest BCUT2D eigenvalue weighted by Gasteiger charge is -2.21. The smallest absolute Gasteiger partial charge is 0.253 e. The molecule has 19 heavy (non-hydrogen) atoms. The van der Waals surface area contributed by atoms with Crippen molar-refractivity contribution in [2.75, 3.05) is 7.11 Å². The van der Waals surface area contributed by atoms with E-state index in [2.05, 4.69) is 0 Å². The van der Waals surface area contributed by atoms with Crippen LogP contribution >= 0.6 is 0 Å². The standard InChI is InChI=1S/C12H11NO6/c1-3-7(14)4-5(10(17)12(3)19-2)9(16)11(18)6(13)8(4)15/h14-15,17H,13H2,1-2H3. The second-order valence-corrected chi connectivity index (χ2v) is 4.03. The summed E-state index contributed by atoms with van der Waals surface area (Å²) in [6.07, 6.45) is 0. The van der Waals surface area contributed by atoms with E-state index >= 15 is 0 Å². The van der Waals surface area contributed by atoms with E-state index in [1.807, 2.05) is 0 Å². The van der Waals surface area contributed by atoms with Crippen LogP contribution in [0.1, 0.15) is 21.5 Å². The van der Waals surface area contributed by atoms with Gasteiger partial charge in [0.05, 0.1) is 18.2 Å². The molecule has 7 nitrogen and oxygen atoms in total. The van der Waals surface area contributed by atoms with Crippen LogP contribution in [0.5, 0.6) is 17.2 Å². The molecule has 0 heterocycles. The van der Waals surface area contributed by atoms with E-state index in [0.29, 0.717) is 0 Å². The maximum atomic E-state index is 11.8. The van der Waals surface area contributed by atoms with Crippen molar-refractivity contribution in [3.8, 4) is 17.2 Å². The highest BCUT2D eigenvalue weighted by Gasteiger charge is 2.38. The molecular weight excluding hydrogens is 254 g/mol. The third kappa shape index (κ3) is 1.44. The molecule has 0 spiro atoms. The van der Waals surface area contributed by atoms with Gasteiger partial charge in [0.2, 0.25) is 5.78 Å². The van der Waals surface area contributed by atoms with Crippen LogP contribution in [0, 0.1) is 6.92 Å². The van der Waals surface area contributed by atoms with Crippen LogP contribution < -0.4 is 10.5 Å². The average molecular weight is 265 g/mol. The number of phenolic OH excluding ortho intramolecular Hbond substituents is 2. The summed E-state index contributed by atoms with van der Waals surface area (Å²) < 4.78 is 4.87. The van der Waals surface area contributed by atoms with Gasteiger partial charge >= 0.3 is 0 Å². The van der Waals surface area contributed by atoms with Gasteiger partial charge in [0.25, 0.3) is 5.78 Å². The average Bonchev–Trinajstić information content (AvgIpc) is 2.38. The fourth-order valence-electron chi connectivity index (χ4n) is 2.00. The van der Waals surface area contributed by atoms with Gasteiger partial charge in [-0.2, -0.15) is 0 Å². The number of carbonyl (C=O) groups is 2. The molecule has 100 valence electrons. The van der Waals surface area contributed by atoms with Gasteiger partial charge in [-0.05, 0) is 6.92 Å². The number of phenols is 2. The van der Waals surface area contributed by atoms with Crippen molar-refractivity contribution in [2.24, 2.45) is 5.73 Å². The van der Waals surface area contributed by atoms with Gasteiger partial charge in [-0.25, -0.2) is 0 Å². The molecule has 5 N–H and O–H groups in total. The van der Waals surface area contributed by atoms with E-state index in [1.54, 1.807) is 0 Å². The number of aromatic hydroxyl groups is 2. The Labute approximate surface area is 107 Å². The molecule has 1 aliphatic carbocycles. The van der Waals surface area contributed by atoms with Gasteiger partial charge < -0.3 is 25.8 Å². The molecule has 0 saturated heterocycles. The van der Waals surface area contributed by atoms with E-state index < -0.39 is 40.1 Å². The van der Waals surface area contributed by atoms with Crippen molar-refractivity contribution in [1.82, 2.24) is 0 Å². The summed E-state index contributed by atoms with van der Waals surface area (Å²) in [4.78, 5) is 23.3. The second-order valence-electron chi connectivity index (χ2n) is 4.03. The SMILES string of the molecule is COc1c(C)c(O)c2c(c1O)C(=O)C(=O)C(N)=C2O. The molecular formula is C12H11NO6. The Morgan fingerprint density at radius 1 is 1.00 bits per heavy atom. The first-order valence-corrected chi connectivity index (χ1v) is 5.23. The Morgan fingerprint density at radius 2 is 1.58 bits per heavy atom. The lowest BCUT2D eigenvalue weighted by Crippen LogP contribution is -2.28. The topological polar surface area (TPSA) is 130 Å². The highest BCUT2D eigenvalue weighted by atomic mass is 16.5. The lowest BCUT2D eigenvalue weighted by molar-refractivity contribution is -0.112. The molecule has 2 rings (SSSR count). The van der Waals surface area contributed by atoms with E-state index in [0.717, 1.165) is 0 Å². The van der Waals surface area contributed by atoms with Crippen molar-refractivity contribution < 1.29 is 29.6 Å². The molecule has 0 amide bonds. The van der Waals surface area contributed by atoms with E-state index in [9.17, 15) is 24.9 Å². The number of rotatable bonds is 1. The molecule has 0 atom stereocenters. The molecule has 1 aromatic rings. The van der Waals surface area contributed by atoms with Crippen LogP contribution in [0.3, 0.4) is 0 Å². The second kappa shape index (κ2) is 3.91. The molecule has 0 unspecified atom stereocenters. The lowest BCUT2D eigenvalue weighted by atomic mass is 9.88. The van der Waals surface area contributed by atoms with Gasteiger partial charge in [-0.15, -0.1) is 0 Å². The molecule has 0 aromatic heterocycles. The van der Waals surface area contributed by atoms with Crippen LogP contribution in [0.25, 0.3) is 5.76 Å². The quantitative estimate of drug-likeness (QED) is 0.426. The normalized spacial score (nSPS) is 14.6. The number of hydrogen-bond acceptors (Lipinski definition) is 7. The Hall–Kier alpha value is -2.70. The Bertz CT molecular complexity index is 659. The van der Waals surface area contributed by atoms with Crippen molar-refractivity contribution >= 4 is 17.3 Å². The first-order valence-electron chi connectivity index (χ1n) is 5.23. The number of allylic oxidation sites excluding steroid dienone is 1. The van der Waals surface area contributed by atoms with Crippen molar-refractivity contribution in [3.05, 3.63) is 22.4 Å². The molecule has 0 fully saturated rings. The van der Waals surface area contributed by atoms with Crippen LogP contribution in [-0.2, 0) is 4.79 Å². The monoisotopic (exact) mass is 265 g/mol. The molecule has 0 bridgehead atoms. The summed E-state index contributed by atoms with van der Waals surface area (Å²) in [5.41, 5.74) is 3.86. The number of nitrogens with two attached hydrogens (primary N) is 1. The van der Waals surface area contributed by atoms with Crippen LogP contribution in [-0.4, -0.2) is 34.0 Å². The highest BCUT2D eigenvalue weighted by molar-refractivity contribution is 6.52. The minimum Gasteiger partial charge on any atom is -0.507 e. The predicted octanol–water partition coefficient (Wildman–Crippen LogP) is 0.366. The zero-order valence-electron chi connectivity index (χ0n) is 10.1. The fraction of sp³-hybridized carbons (Fsp3) is 0.167. The fourth-order valence-corrected chi connectivity index (χ4v) is 2.00. The minimum absolute atomic E-state index is 0.111. The molecule has 1 aromatic carbocycles. The zero-order chi connectivity index (χ0) is 14.5. The number of ketones is 2. The van der Waals surface area contributed by atoms with Gasteiger partial charge in [0.1, 0.15) is 11.4 Å². The minimum atomic E-state index is -1.15. The van der Waals surface area contributed by atoms with Gasteiger partial charge in [-0.3, -0.25) is 9.59 Å². The van der Waals surface area contributed by atoms with E-state index in [-0.39, 0.29) is 16.9 Å². The summed E-state index contributed by atoms with van der Waals surface area (Å²) in [5.74, 6) is -4.25. The van der Waals surface area contributed by atoms with Crippen molar-refractivity contribution in [3.63, 3.8) is 0 Å². The summed E-state index contributed by atoms with van der Waals surface area (Å²) in [6.45, 7) is 1.42. The predicted molar refractivity (Wildman–Crippen MR) is 64.1 cm³/mol. The van der Waals surface area contributed by atoms with Gasteiger partial charge in [0, 0.05) is 5.56 Å². The number of ether oxygens (including phenoxy) is 1. The number of methoxy groups -OCH3 is 1. The van der Waals surface area contributed by atoms with Crippen LogP contribution in [0.4, 0.5) is 0 Å². The molecule has 0 aliphatic heterocycles. The third-order valence-corrected chi connectivity index (χ3v) is 3.01. The molecule has 1 aliphatic rings. The number of aliphatic hydroxyl groups excluding tert-OH is 1. The van der Waals surface area contributed by atoms with E-state index in [1.165, 1.54) is 14.0 Å². The zero-order valence-corrected chi connectivity index (χ0v) is 10.1. The number of hydrogen-bond donors (Lipinski definition) is 4. The summed E-state index contributed by atoms with van der Waals surface area (Å²) in [5, 5.41) is 29.7. The number of Topliss-reactive ketones (excluding diaryl/α,β-unsaturated/α-hetero) is 2. The molecule has 0 saturated carbocycles. The Balaban J connectivity index is 2.99. The van der Waals surface area contributed by atoms with Crippen LogP contribution in [0.2, 0.25) is 0 Å². The largest absolute Gasteiger partial charge is 0.507 e. The third-order valence-electron chi connectivity index (χ3n) is 3.01. The number of fused-ring (bicyclic) bond motifs is 1. The van der Waals surface area contributed by atoms with Crippen molar-refractivity contribution in [2.45, 2.75) is 6.92 Å². The number of aliphatic hydroxyl groups is 1. The number of benzene rings is 1. The number of carbonyl (C=O) groups excluding carboxylic acids is 2. The van der Waals surface area contributed by atoms with Crippen LogP contribution in [0.15, 0.2) is 5.70 Å². The van der Waals surface area contributed by atoms with Gasteiger partial charge in [0.15, 0.2) is 17.3 Å². The summed E-state index contributed by atoms with van der Waals surface area (Å²) in [6, 6.07) is 0. The van der Waals surface area contributed by atoms with Crippen molar-refractivity contribution in [1.29, 1.82) is 0 Å². The first kappa shape index (κ1) is 12.7. The molecule has 0 radical (unpaired) electrons. The van der Waals surface area contributed by atoms with E-state index in [4.69, 9.17) is 10.5 Å². The Morgan fingerprint density at radius 3 is 2.11 bits per heavy atom. The Kier molecular flexibility index (Phi) is 2.62. The maximum Gasteiger partial charge on any atom is 0.253 e. The maximum absolute atomic E-state index is 11.8. The summed E-state index contributed by atoms with van der Waals surface area (Å²) >= 11 is 0. The van der Waals surface area contributed by atoms with Gasteiger partial charge in [-0.1, -0.05) is 0 Å². The first-order chi connectivity index (χ1) is 8.82. The summed E-state index contributed by atoms with van der Waals surface area (Å²) in [7, 11) is 1.23.